The number of aromatic nitrogens is 4. The first-order valence-corrected chi connectivity index (χ1v) is 8.93. The molecule has 0 radical (unpaired) electrons. The van der Waals surface area contributed by atoms with Crippen LogP contribution in [0.4, 0.5) is 5.82 Å². The molecule has 12 heteroatoms. The Morgan fingerprint density at radius 1 is 1.36 bits per heavy atom. The molecule has 1 unspecified atom stereocenters. The molecule has 22 heavy (non-hydrogen) atoms. The first kappa shape index (κ1) is 14.5. The summed E-state index contributed by atoms with van der Waals surface area (Å²) >= 11 is 4.77. The number of ether oxygens (including phenoxy) is 1. The molecule has 0 aromatic carbocycles. The second-order valence-electron chi connectivity index (χ2n) is 4.92. The third-order valence-corrected chi connectivity index (χ3v) is 5.15. The average molecular weight is 344 g/mol. The number of nitrogen functional groups attached to an aromatic ring is 1. The van der Waals surface area contributed by atoms with Crippen LogP contribution in [0.1, 0.15) is 6.23 Å². The van der Waals surface area contributed by atoms with Crippen molar-refractivity contribution in [3.63, 3.8) is 0 Å². The Kier molecular flexibility index (Phi) is 3.28. The minimum Gasteiger partial charge on any atom is -0.648 e. The molecule has 2 aliphatic heterocycles. The molecule has 0 spiro atoms. The Morgan fingerprint density at radius 3 is 2.91 bits per heavy atom. The van der Waals surface area contributed by atoms with Crippen LogP contribution in [0.25, 0.3) is 11.2 Å². The Labute approximate surface area is 130 Å². The van der Waals surface area contributed by atoms with E-state index in [4.69, 9.17) is 31.8 Å². The van der Waals surface area contributed by atoms with Gasteiger partial charge in [0.2, 0.25) is 0 Å². The molecule has 5 atom stereocenters. The maximum Gasteiger partial charge on any atom is 0.180 e. The van der Waals surface area contributed by atoms with Gasteiger partial charge in [-0.25, -0.2) is 24.0 Å². The molecule has 2 saturated heterocycles. The number of fused-ring (bicyclic) bond motifs is 2. The topological polar surface area (TPSA) is 141 Å². The van der Waals surface area contributed by atoms with Crippen LogP contribution in [0.5, 0.6) is 0 Å². The number of aliphatic hydroxyl groups is 1. The number of hydrogen-bond donors (Lipinski definition) is 2. The van der Waals surface area contributed by atoms with Crippen molar-refractivity contribution < 1.29 is 23.8 Å². The van der Waals surface area contributed by atoms with E-state index in [9.17, 15) is 10.00 Å². The van der Waals surface area contributed by atoms with Crippen LogP contribution in [0.2, 0.25) is 0 Å². The molecule has 3 N–H and O–H groups in total. The van der Waals surface area contributed by atoms with Crippen molar-refractivity contribution in [2.24, 2.45) is 0 Å². The fourth-order valence-electron chi connectivity index (χ4n) is 2.70. The summed E-state index contributed by atoms with van der Waals surface area (Å²) in [5, 5.41) is 9.40. The fourth-order valence-corrected chi connectivity index (χ4v) is 4.42. The molecule has 2 aromatic heterocycles. The van der Waals surface area contributed by atoms with E-state index in [2.05, 4.69) is 15.0 Å². The molecule has 0 bridgehead atoms. The SMILES string of the molecule is Nc1ncnc2c1ncn2[C@@H]1O[C@H](CO)[C@H]2O[P+]([O-])([S-])O[C@H]21. The zero-order valence-corrected chi connectivity index (χ0v) is 12.7. The summed E-state index contributed by atoms with van der Waals surface area (Å²) < 4.78 is 17.8. The van der Waals surface area contributed by atoms with Gasteiger partial charge >= 0.3 is 0 Å². The summed E-state index contributed by atoms with van der Waals surface area (Å²) in [5.41, 5.74) is 6.59. The van der Waals surface area contributed by atoms with E-state index in [0.717, 1.165) is 0 Å². The van der Waals surface area contributed by atoms with Gasteiger partial charge < -0.3 is 32.7 Å². The predicted molar refractivity (Wildman–Crippen MR) is 74.8 cm³/mol. The molecule has 4 heterocycles. The van der Waals surface area contributed by atoms with Crippen LogP contribution in [0.15, 0.2) is 12.7 Å². The van der Waals surface area contributed by atoms with Gasteiger partial charge in [-0.05, 0) is 0 Å². The number of hydrogen-bond acceptors (Lipinski definition) is 10. The van der Waals surface area contributed by atoms with E-state index in [0.29, 0.717) is 11.2 Å². The number of rotatable bonds is 2. The van der Waals surface area contributed by atoms with Crippen LogP contribution in [0, 0.1) is 0 Å². The first-order valence-electron chi connectivity index (χ1n) is 6.37. The Bertz CT molecular complexity index is 729. The molecule has 2 fully saturated rings. The van der Waals surface area contributed by atoms with Gasteiger partial charge in [0.25, 0.3) is 0 Å². The van der Waals surface area contributed by atoms with Gasteiger partial charge in [0, 0.05) is 0 Å². The molecule has 10 nitrogen and oxygen atoms in total. The largest absolute Gasteiger partial charge is 0.648 e. The average Bonchev–Trinajstić information content (AvgIpc) is 3.10. The van der Waals surface area contributed by atoms with Crippen molar-refractivity contribution in [1.82, 2.24) is 19.5 Å². The Balaban J connectivity index is 1.77. The zero-order valence-electron chi connectivity index (χ0n) is 11.0. The van der Waals surface area contributed by atoms with Crippen LogP contribution >= 0.6 is 7.15 Å². The number of anilines is 1. The maximum absolute atomic E-state index is 11.9. The van der Waals surface area contributed by atoms with E-state index < -0.39 is 31.7 Å². The van der Waals surface area contributed by atoms with Crippen LogP contribution in [-0.4, -0.2) is 49.5 Å². The minimum absolute atomic E-state index is 0.231. The van der Waals surface area contributed by atoms with E-state index >= 15 is 0 Å². The van der Waals surface area contributed by atoms with E-state index in [1.165, 1.54) is 12.7 Å². The normalized spacial score (nSPS) is 37.8. The summed E-state index contributed by atoms with van der Waals surface area (Å²) in [4.78, 5) is 24.0. The second kappa shape index (κ2) is 4.96. The molecule has 4 rings (SSSR count). The van der Waals surface area contributed by atoms with Gasteiger partial charge in [-0.2, -0.15) is 0 Å². The first-order chi connectivity index (χ1) is 10.5. The molecule has 0 aliphatic carbocycles. The molecular weight excluding hydrogens is 333 g/mol. The summed E-state index contributed by atoms with van der Waals surface area (Å²) in [6.07, 6.45) is -0.113. The van der Waals surface area contributed by atoms with Gasteiger partial charge in [0.15, 0.2) is 29.9 Å². The van der Waals surface area contributed by atoms with E-state index in [1.807, 2.05) is 0 Å². The van der Waals surface area contributed by atoms with E-state index in [-0.39, 0.29) is 12.4 Å². The van der Waals surface area contributed by atoms with Crippen LogP contribution < -0.4 is 10.6 Å². The highest BCUT2D eigenvalue weighted by Gasteiger charge is 2.57. The quantitative estimate of drug-likeness (QED) is 0.497. The Hall–Kier alpha value is -1.07. The van der Waals surface area contributed by atoms with Crippen molar-refractivity contribution >= 4 is 36.4 Å². The maximum atomic E-state index is 11.9. The molecule has 118 valence electrons. The monoisotopic (exact) mass is 344 g/mol. The highest BCUT2D eigenvalue weighted by molar-refractivity contribution is 8.35. The highest BCUT2D eigenvalue weighted by Crippen LogP contribution is 2.62. The lowest BCUT2D eigenvalue weighted by molar-refractivity contribution is -0.206. The van der Waals surface area contributed by atoms with Crippen LogP contribution in [0.3, 0.4) is 0 Å². The van der Waals surface area contributed by atoms with Crippen LogP contribution in [-0.2, 0) is 26.0 Å². The summed E-state index contributed by atoms with van der Waals surface area (Å²) in [6, 6.07) is 0. The number of nitrogens with two attached hydrogens (primary N) is 1. The third-order valence-electron chi connectivity index (χ3n) is 3.63. The van der Waals surface area contributed by atoms with Crippen molar-refractivity contribution in [1.29, 1.82) is 0 Å². The molecule has 2 aromatic rings. The standard InChI is InChI=1S/C10H12N5O5PS/c11-8-5-9(13-2-12-8)15(3-14-5)10-7-6(4(1-16)18-10)19-21(17,22)20-7/h2-4,6-7,10,16H,1H2,(H,17,22)(H2,11,12,13)/p-1/t4-,6-,7-,10-,21?/m1/s1. The second-order valence-corrected chi connectivity index (χ2v) is 7.58. The third kappa shape index (κ3) is 2.09. The Morgan fingerprint density at radius 2 is 2.14 bits per heavy atom. The van der Waals surface area contributed by atoms with Gasteiger partial charge in [0.1, 0.15) is 25.1 Å². The van der Waals surface area contributed by atoms with Gasteiger partial charge in [-0.3, -0.25) is 4.57 Å². The van der Waals surface area contributed by atoms with E-state index in [1.54, 1.807) is 4.57 Å². The number of aliphatic hydroxyl groups excluding tert-OH is 1. The molecular formula is C10H11N5O5PS-. The number of imidazole rings is 1. The van der Waals surface area contributed by atoms with Crippen molar-refractivity contribution in [3.8, 4) is 0 Å². The fraction of sp³-hybridized carbons (Fsp3) is 0.500. The smallest absolute Gasteiger partial charge is 0.180 e. The zero-order chi connectivity index (χ0) is 15.5. The molecule has 0 saturated carbocycles. The van der Waals surface area contributed by atoms with Gasteiger partial charge in [-0.1, -0.05) is 0 Å². The summed E-state index contributed by atoms with van der Waals surface area (Å²) in [7, 11) is -3.58. The summed E-state index contributed by atoms with van der Waals surface area (Å²) in [5.74, 6) is 0.231. The number of nitrogens with zero attached hydrogens (tertiary/aromatic N) is 4. The van der Waals surface area contributed by atoms with Crippen molar-refractivity contribution in [3.05, 3.63) is 12.7 Å². The minimum atomic E-state index is -3.58. The lowest BCUT2D eigenvalue weighted by Gasteiger charge is -2.29. The highest BCUT2D eigenvalue weighted by atomic mass is 32.7. The lowest BCUT2D eigenvalue weighted by Crippen LogP contribution is -2.30. The van der Waals surface area contributed by atoms with Crippen molar-refractivity contribution in [2.75, 3.05) is 12.3 Å². The predicted octanol–water partition coefficient (Wildman–Crippen LogP) is -1.33. The molecule has 2 aliphatic rings. The van der Waals surface area contributed by atoms with Gasteiger partial charge in [-0.15, -0.1) is 0 Å². The summed E-state index contributed by atoms with van der Waals surface area (Å²) in [6.45, 7) is -0.319. The molecule has 0 amide bonds. The van der Waals surface area contributed by atoms with Crippen molar-refractivity contribution in [2.45, 2.75) is 24.5 Å². The lowest BCUT2D eigenvalue weighted by atomic mass is 10.1. The van der Waals surface area contributed by atoms with Gasteiger partial charge in [0.05, 0.1) is 12.9 Å².